The maximum atomic E-state index is 13.1. The van der Waals surface area contributed by atoms with Crippen LogP contribution in [0.4, 0.5) is 5.13 Å². The van der Waals surface area contributed by atoms with E-state index in [9.17, 15) is 22.8 Å². The Hall–Kier alpha value is -3.55. The van der Waals surface area contributed by atoms with E-state index in [2.05, 4.69) is 15.6 Å². The highest BCUT2D eigenvalue weighted by Crippen LogP contribution is 2.24. The van der Waals surface area contributed by atoms with Gasteiger partial charge in [-0.05, 0) is 25.3 Å². The van der Waals surface area contributed by atoms with Gasteiger partial charge >= 0.3 is 5.97 Å². The lowest BCUT2D eigenvalue weighted by molar-refractivity contribution is -0.144. The molecule has 0 aliphatic rings. The second-order valence-electron chi connectivity index (χ2n) is 8.99. The summed E-state index contributed by atoms with van der Waals surface area (Å²) in [5, 5.41) is 7.60. The number of thiazole rings is 1. The molecule has 3 rings (SSSR count). The summed E-state index contributed by atoms with van der Waals surface area (Å²) in [4.78, 5) is 42.2. The van der Waals surface area contributed by atoms with Crippen LogP contribution in [0.1, 0.15) is 49.4 Å². The molecule has 1 aromatic carbocycles. The maximum Gasteiger partial charge on any atom is 0.305 e. The Balaban J connectivity index is 1.58. The van der Waals surface area contributed by atoms with E-state index in [-0.39, 0.29) is 37.6 Å². The molecule has 0 radical (unpaired) electrons. The van der Waals surface area contributed by atoms with Crippen molar-refractivity contribution in [2.45, 2.75) is 45.1 Å². The summed E-state index contributed by atoms with van der Waals surface area (Å²) in [6.45, 7) is 2.85. The third-order valence-corrected chi connectivity index (χ3v) is 7.47. The number of anilines is 1. The fourth-order valence-electron chi connectivity index (χ4n) is 3.52. The van der Waals surface area contributed by atoms with Gasteiger partial charge < -0.3 is 20.1 Å². The van der Waals surface area contributed by atoms with Crippen molar-refractivity contribution in [2.24, 2.45) is 0 Å². The molecule has 2 aromatic heterocycles. The molecule has 0 bridgehead atoms. The molecule has 216 valence electrons. The summed E-state index contributed by atoms with van der Waals surface area (Å²) < 4.78 is 35.2. The van der Waals surface area contributed by atoms with Gasteiger partial charge in [-0.1, -0.05) is 43.7 Å². The third kappa shape index (κ3) is 9.88. The highest BCUT2D eigenvalue weighted by atomic mass is 32.2. The number of esters is 1. The Morgan fingerprint density at radius 1 is 1.07 bits per heavy atom. The minimum absolute atomic E-state index is 0.0892. The first-order chi connectivity index (χ1) is 19.2. The van der Waals surface area contributed by atoms with Crippen molar-refractivity contribution in [3.05, 3.63) is 59.7 Å². The minimum atomic E-state index is -3.56. The van der Waals surface area contributed by atoms with E-state index in [4.69, 9.17) is 9.47 Å². The fourth-order valence-corrected chi connectivity index (χ4v) is 4.83. The molecule has 0 unspecified atom stereocenters. The van der Waals surface area contributed by atoms with E-state index >= 15 is 0 Å². The number of amides is 2. The first kappa shape index (κ1) is 31.0. The normalized spacial score (nSPS) is 12.1. The number of carbonyl (C=O) groups excluding carboxylic acids is 3. The molecular formula is C27H34N4O7S2. The third-order valence-electron chi connectivity index (χ3n) is 5.72. The predicted molar refractivity (Wildman–Crippen MR) is 153 cm³/mol. The molecule has 0 saturated heterocycles. The Morgan fingerprint density at radius 3 is 2.55 bits per heavy atom. The summed E-state index contributed by atoms with van der Waals surface area (Å²) in [6.07, 6.45) is 6.07. The summed E-state index contributed by atoms with van der Waals surface area (Å²) >= 11 is 1.26. The topological polar surface area (TPSA) is 146 Å². The lowest BCUT2D eigenvalue weighted by atomic mass is 10.2. The molecular weight excluding hydrogens is 556 g/mol. The van der Waals surface area contributed by atoms with Crippen LogP contribution in [0, 0.1) is 0 Å². The van der Waals surface area contributed by atoms with Gasteiger partial charge in [-0.3, -0.25) is 18.4 Å². The van der Waals surface area contributed by atoms with Crippen molar-refractivity contribution in [2.75, 3.05) is 31.4 Å². The molecule has 0 fully saturated rings. The molecule has 3 aromatic rings. The molecule has 2 N–H and O–H groups in total. The Morgan fingerprint density at radius 2 is 1.85 bits per heavy atom. The smallest absolute Gasteiger partial charge is 0.305 e. The second-order valence-corrected chi connectivity index (χ2v) is 11.7. The van der Waals surface area contributed by atoms with Gasteiger partial charge in [0.1, 0.15) is 6.04 Å². The zero-order valence-electron chi connectivity index (χ0n) is 22.5. The molecule has 0 aliphatic carbocycles. The molecule has 13 heteroatoms. The number of aromatic nitrogens is 2. The van der Waals surface area contributed by atoms with Crippen LogP contribution in [-0.2, 0) is 29.1 Å². The monoisotopic (exact) mass is 590 g/mol. The Kier molecular flexibility index (Phi) is 11.8. The zero-order chi connectivity index (χ0) is 29.0. The van der Waals surface area contributed by atoms with Crippen LogP contribution in [0.2, 0.25) is 0 Å². The zero-order valence-corrected chi connectivity index (χ0v) is 24.1. The van der Waals surface area contributed by atoms with E-state index < -0.39 is 27.9 Å². The van der Waals surface area contributed by atoms with Crippen molar-refractivity contribution in [3.8, 4) is 11.3 Å². The summed E-state index contributed by atoms with van der Waals surface area (Å²) in [5.74, 6) is -1.38. The van der Waals surface area contributed by atoms with Gasteiger partial charge in [0.05, 0.1) is 24.1 Å². The van der Waals surface area contributed by atoms with Gasteiger partial charge in [-0.25, -0.2) is 13.4 Å². The van der Waals surface area contributed by atoms with Crippen LogP contribution in [0.15, 0.2) is 54.2 Å². The molecule has 40 heavy (non-hydrogen) atoms. The van der Waals surface area contributed by atoms with Gasteiger partial charge in [0.2, 0.25) is 15.9 Å². The van der Waals surface area contributed by atoms with Gasteiger partial charge in [0, 0.05) is 43.0 Å². The minimum Gasteiger partial charge on any atom is -0.466 e. The van der Waals surface area contributed by atoms with E-state index in [1.807, 2.05) is 42.6 Å². The van der Waals surface area contributed by atoms with Gasteiger partial charge in [0.15, 0.2) is 5.13 Å². The fraction of sp³-hybridized carbons (Fsp3) is 0.407. The van der Waals surface area contributed by atoms with Gasteiger partial charge in [-0.2, -0.15) is 0 Å². The summed E-state index contributed by atoms with van der Waals surface area (Å²) in [7, 11) is -3.56. The average Bonchev–Trinajstić information content (AvgIpc) is 3.61. The number of carbonyl (C=O) groups is 3. The number of hydrogen-bond donors (Lipinski definition) is 2. The van der Waals surface area contributed by atoms with Crippen molar-refractivity contribution < 1.29 is 32.3 Å². The first-order valence-electron chi connectivity index (χ1n) is 12.9. The first-order valence-corrected chi connectivity index (χ1v) is 15.6. The predicted octanol–water partition coefficient (Wildman–Crippen LogP) is 3.69. The molecule has 0 aliphatic heterocycles. The highest BCUT2D eigenvalue weighted by Gasteiger charge is 2.23. The summed E-state index contributed by atoms with van der Waals surface area (Å²) in [5.41, 5.74) is 1.70. The summed E-state index contributed by atoms with van der Waals surface area (Å²) in [6, 6.07) is 9.88. The molecule has 11 nitrogen and oxygen atoms in total. The number of unbranched alkanes of at least 4 members (excludes halogenated alkanes) is 1. The van der Waals surface area contributed by atoms with Gasteiger partial charge in [-0.15, -0.1) is 11.3 Å². The quantitative estimate of drug-likeness (QED) is 0.190. The number of nitrogens with one attached hydrogen (secondary N) is 2. The lowest BCUT2D eigenvalue weighted by Gasteiger charge is -2.17. The van der Waals surface area contributed by atoms with Crippen LogP contribution >= 0.6 is 11.3 Å². The second kappa shape index (κ2) is 15.3. The van der Waals surface area contributed by atoms with Crippen molar-refractivity contribution >= 4 is 44.3 Å². The number of hydrogen-bond acceptors (Lipinski definition) is 9. The molecule has 0 saturated carbocycles. The van der Waals surface area contributed by atoms with Crippen LogP contribution in [-0.4, -0.2) is 67.3 Å². The maximum absolute atomic E-state index is 13.1. The van der Waals surface area contributed by atoms with Crippen molar-refractivity contribution in [3.63, 3.8) is 0 Å². The van der Waals surface area contributed by atoms with Crippen molar-refractivity contribution in [1.29, 1.82) is 0 Å². The molecule has 0 spiro atoms. The molecule has 2 heterocycles. The van der Waals surface area contributed by atoms with Crippen LogP contribution < -0.4 is 10.6 Å². The number of benzene rings is 1. The standard InChI is InChI=1S/C27H34N4O7S2/c1-3-4-16-38-24(32)11-8-15-37-17-13-22(28-25(33)21-12-14-31(18-21)40(2,35)36)26(34)30-27-29-23(19-39-27)20-9-6-5-7-10-20/h5-7,9-10,12,14,18-19,22H,3-4,8,11,13,15-17H2,1-2H3,(H,28,33)(H,29,30,34)/t22-/m0/s1. The highest BCUT2D eigenvalue weighted by molar-refractivity contribution is 7.89. The van der Waals surface area contributed by atoms with E-state index in [0.29, 0.717) is 23.9 Å². The Bertz CT molecular complexity index is 1370. The van der Waals surface area contributed by atoms with Crippen LogP contribution in [0.5, 0.6) is 0 Å². The van der Waals surface area contributed by atoms with Crippen LogP contribution in [0.3, 0.4) is 0 Å². The number of ether oxygens (including phenoxy) is 2. The SMILES string of the molecule is CCCCOC(=O)CCCOCC[C@H](NC(=O)c1ccn(S(C)(=O)=O)c1)C(=O)Nc1nc(-c2ccccc2)cs1. The van der Waals surface area contributed by atoms with Crippen LogP contribution in [0.25, 0.3) is 11.3 Å². The Labute approximate surface area is 238 Å². The number of nitrogens with zero attached hydrogens (tertiary/aromatic N) is 2. The van der Waals surface area contributed by atoms with Gasteiger partial charge in [0.25, 0.3) is 5.91 Å². The van der Waals surface area contributed by atoms with Crippen molar-refractivity contribution in [1.82, 2.24) is 14.3 Å². The van der Waals surface area contributed by atoms with E-state index in [1.165, 1.54) is 29.8 Å². The largest absolute Gasteiger partial charge is 0.466 e. The number of rotatable bonds is 16. The van der Waals surface area contributed by atoms with E-state index in [1.54, 1.807) is 0 Å². The molecule has 1 atom stereocenters. The average molecular weight is 591 g/mol. The molecule has 2 amide bonds. The lowest BCUT2D eigenvalue weighted by Crippen LogP contribution is -2.44. The van der Waals surface area contributed by atoms with E-state index in [0.717, 1.165) is 28.6 Å².